The van der Waals surface area contributed by atoms with Gasteiger partial charge >= 0.3 is 0 Å². The molecule has 182 valence electrons. The molecule has 0 spiro atoms. The van der Waals surface area contributed by atoms with Gasteiger partial charge in [-0.1, -0.05) is 84.5 Å². The fourth-order valence-corrected chi connectivity index (χ4v) is 5.01. The van der Waals surface area contributed by atoms with Gasteiger partial charge in [0, 0.05) is 18.0 Å². The van der Waals surface area contributed by atoms with Crippen LogP contribution in [0.25, 0.3) is 11.4 Å². The lowest BCUT2D eigenvalue weighted by atomic mass is 9.80. The second kappa shape index (κ2) is 15.1. The number of aromatic nitrogens is 2. The minimum Gasteiger partial charge on any atom is -0.493 e. The van der Waals surface area contributed by atoms with Gasteiger partial charge in [0.25, 0.3) is 0 Å². The highest BCUT2D eigenvalue weighted by Crippen LogP contribution is 2.32. The average Bonchev–Trinajstić information content (AvgIpc) is 2.87. The highest BCUT2D eigenvalue weighted by Gasteiger charge is 2.21. The summed E-state index contributed by atoms with van der Waals surface area (Å²) in [5.74, 6) is 3.44. The topological polar surface area (TPSA) is 35.0 Å². The molecule has 0 atom stereocenters. The fourth-order valence-electron chi connectivity index (χ4n) is 5.01. The second-order valence-electron chi connectivity index (χ2n) is 10.2. The van der Waals surface area contributed by atoms with Gasteiger partial charge in [-0.25, -0.2) is 9.97 Å². The molecule has 2 aromatic rings. The Kier molecular flexibility index (Phi) is 11.8. The van der Waals surface area contributed by atoms with E-state index in [-0.39, 0.29) is 0 Å². The second-order valence-corrected chi connectivity index (χ2v) is 10.2. The van der Waals surface area contributed by atoms with Crippen molar-refractivity contribution < 1.29 is 4.74 Å². The largest absolute Gasteiger partial charge is 0.493 e. The maximum atomic E-state index is 6.12. The molecule has 1 saturated carbocycles. The van der Waals surface area contributed by atoms with Crippen molar-refractivity contribution in [2.75, 3.05) is 6.61 Å². The number of nitrogens with zero attached hydrogens (tertiary/aromatic N) is 2. The molecule has 1 heterocycles. The summed E-state index contributed by atoms with van der Waals surface area (Å²) in [6, 6.07) is 8.31. The number of rotatable bonds is 15. The number of unbranched alkanes of at least 4 members (excludes halogenated alkanes) is 7. The summed E-state index contributed by atoms with van der Waals surface area (Å²) in [7, 11) is 0. The Morgan fingerprint density at radius 3 is 2.00 bits per heavy atom. The molecule has 0 radical (unpaired) electrons. The number of hydrogen-bond donors (Lipinski definition) is 0. The first-order valence-corrected chi connectivity index (χ1v) is 13.8. The van der Waals surface area contributed by atoms with E-state index in [1.54, 1.807) is 0 Å². The monoisotopic (exact) mass is 450 g/mol. The Morgan fingerprint density at radius 2 is 1.33 bits per heavy atom. The van der Waals surface area contributed by atoms with Crippen molar-refractivity contribution in [3.63, 3.8) is 0 Å². The van der Waals surface area contributed by atoms with Crippen LogP contribution in [0.15, 0.2) is 36.7 Å². The van der Waals surface area contributed by atoms with Gasteiger partial charge in [0.1, 0.15) is 5.75 Å². The van der Waals surface area contributed by atoms with Gasteiger partial charge in [-0.3, -0.25) is 0 Å². The zero-order valence-corrected chi connectivity index (χ0v) is 21.2. The smallest absolute Gasteiger partial charge is 0.159 e. The summed E-state index contributed by atoms with van der Waals surface area (Å²) in [5, 5.41) is 0. The van der Waals surface area contributed by atoms with Crippen LogP contribution in [0.3, 0.4) is 0 Å². The Balaban J connectivity index is 1.35. The van der Waals surface area contributed by atoms with Crippen molar-refractivity contribution in [3.05, 3.63) is 42.2 Å². The summed E-state index contributed by atoms with van der Waals surface area (Å²) < 4.78 is 6.12. The number of ether oxygens (including phenoxy) is 1. The van der Waals surface area contributed by atoms with E-state index >= 15 is 0 Å². The van der Waals surface area contributed by atoms with E-state index in [4.69, 9.17) is 4.74 Å². The molecule has 33 heavy (non-hydrogen) atoms. The first-order valence-electron chi connectivity index (χ1n) is 13.8. The molecular formula is C30H46N2O. The van der Waals surface area contributed by atoms with Crippen LogP contribution in [-0.4, -0.2) is 16.6 Å². The lowest BCUT2D eigenvalue weighted by Crippen LogP contribution is -2.20. The lowest BCUT2D eigenvalue weighted by Gasteiger charge is -2.28. The van der Waals surface area contributed by atoms with Crippen molar-refractivity contribution in [1.29, 1.82) is 0 Å². The van der Waals surface area contributed by atoms with Gasteiger partial charge in [-0.05, 0) is 67.3 Å². The summed E-state index contributed by atoms with van der Waals surface area (Å²) in [4.78, 5) is 9.23. The van der Waals surface area contributed by atoms with Crippen LogP contribution >= 0.6 is 0 Å². The minimum atomic E-state index is 0.717. The zero-order valence-electron chi connectivity index (χ0n) is 21.2. The lowest BCUT2D eigenvalue weighted by molar-refractivity contribution is 0.178. The van der Waals surface area contributed by atoms with Crippen LogP contribution in [0.5, 0.6) is 5.75 Å². The SMILES string of the molecule is CCCCCCCCCc1cnc(-c2ccc(OCC3CCC(CCCC)CC3)cc2)nc1. The van der Waals surface area contributed by atoms with Crippen molar-refractivity contribution in [2.24, 2.45) is 11.8 Å². The molecule has 1 aliphatic carbocycles. The third-order valence-corrected chi connectivity index (χ3v) is 7.30. The molecule has 3 nitrogen and oxygen atoms in total. The number of hydrogen-bond acceptors (Lipinski definition) is 3. The molecule has 0 unspecified atom stereocenters. The van der Waals surface area contributed by atoms with Crippen molar-refractivity contribution in [3.8, 4) is 17.1 Å². The first-order chi connectivity index (χ1) is 16.3. The molecule has 0 N–H and O–H groups in total. The van der Waals surface area contributed by atoms with E-state index in [1.165, 1.54) is 95.5 Å². The Morgan fingerprint density at radius 1 is 0.727 bits per heavy atom. The summed E-state index contributed by atoms with van der Waals surface area (Å²) in [5.41, 5.74) is 2.30. The molecule has 1 aliphatic rings. The van der Waals surface area contributed by atoms with Crippen LogP contribution in [0.4, 0.5) is 0 Å². The molecule has 1 fully saturated rings. The molecule has 0 amide bonds. The number of benzene rings is 1. The quantitative estimate of drug-likeness (QED) is 0.254. The van der Waals surface area contributed by atoms with E-state index in [0.717, 1.165) is 42.0 Å². The fraction of sp³-hybridized carbons (Fsp3) is 0.667. The molecule has 0 bridgehead atoms. The van der Waals surface area contributed by atoms with Gasteiger partial charge in [-0.15, -0.1) is 0 Å². The van der Waals surface area contributed by atoms with Gasteiger partial charge < -0.3 is 4.74 Å². The van der Waals surface area contributed by atoms with E-state index in [1.807, 2.05) is 12.4 Å². The summed E-state index contributed by atoms with van der Waals surface area (Å²) in [6.45, 7) is 5.42. The highest BCUT2D eigenvalue weighted by molar-refractivity contribution is 5.55. The van der Waals surface area contributed by atoms with Gasteiger partial charge in [-0.2, -0.15) is 0 Å². The first kappa shape index (κ1) is 25.7. The maximum absolute atomic E-state index is 6.12. The Hall–Kier alpha value is -1.90. The summed E-state index contributed by atoms with van der Waals surface area (Å²) in [6.07, 6.45) is 24.0. The van der Waals surface area contributed by atoms with Gasteiger partial charge in [0.05, 0.1) is 6.61 Å². The van der Waals surface area contributed by atoms with Crippen LogP contribution < -0.4 is 4.74 Å². The van der Waals surface area contributed by atoms with Crippen molar-refractivity contribution in [2.45, 2.75) is 110 Å². The van der Waals surface area contributed by atoms with Crippen LogP contribution in [-0.2, 0) is 6.42 Å². The van der Waals surface area contributed by atoms with Crippen molar-refractivity contribution >= 4 is 0 Å². The van der Waals surface area contributed by atoms with E-state index < -0.39 is 0 Å². The molecule has 3 rings (SSSR count). The van der Waals surface area contributed by atoms with Crippen LogP contribution in [0, 0.1) is 11.8 Å². The third kappa shape index (κ3) is 9.47. The van der Waals surface area contributed by atoms with E-state index in [9.17, 15) is 0 Å². The predicted octanol–water partition coefficient (Wildman–Crippen LogP) is 8.81. The van der Waals surface area contributed by atoms with Crippen LogP contribution in [0.1, 0.15) is 109 Å². The molecule has 1 aromatic heterocycles. The minimum absolute atomic E-state index is 0.717. The standard InChI is InChI=1S/C30H46N2O/c1-3-5-7-8-9-10-11-13-27-22-31-30(32-23-27)28-18-20-29(21-19-28)33-24-26-16-14-25(15-17-26)12-6-4-2/h18-23,25-26H,3-17,24H2,1-2H3. The average molecular weight is 451 g/mol. The molecular weight excluding hydrogens is 404 g/mol. The predicted molar refractivity (Wildman–Crippen MR) is 140 cm³/mol. The van der Waals surface area contributed by atoms with Gasteiger partial charge in [0.15, 0.2) is 5.82 Å². The molecule has 0 aliphatic heterocycles. The Labute approximate surface area is 202 Å². The van der Waals surface area contributed by atoms with E-state index in [0.29, 0.717) is 0 Å². The molecule has 0 saturated heterocycles. The van der Waals surface area contributed by atoms with E-state index in [2.05, 4.69) is 48.1 Å². The molecule has 1 aromatic carbocycles. The van der Waals surface area contributed by atoms with Crippen LogP contribution in [0.2, 0.25) is 0 Å². The normalized spacial score (nSPS) is 18.4. The highest BCUT2D eigenvalue weighted by atomic mass is 16.5. The molecule has 3 heteroatoms. The Bertz CT molecular complexity index is 748. The van der Waals surface area contributed by atoms with Crippen molar-refractivity contribution in [1.82, 2.24) is 9.97 Å². The summed E-state index contributed by atoms with van der Waals surface area (Å²) >= 11 is 0. The number of aryl methyl sites for hydroxylation is 1. The van der Waals surface area contributed by atoms with Gasteiger partial charge in [0.2, 0.25) is 0 Å². The third-order valence-electron chi connectivity index (χ3n) is 7.30. The maximum Gasteiger partial charge on any atom is 0.159 e. The zero-order chi connectivity index (χ0) is 23.1.